The lowest BCUT2D eigenvalue weighted by atomic mass is 10.1. The zero-order valence-electron chi connectivity index (χ0n) is 11.2. The number of nitrogens with one attached hydrogen (secondary N) is 1. The van der Waals surface area contributed by atoms with Gasteiger partial charge >= 0.3 is 12.3 Å². The van der Waals surface area contributed by atoms with Crippen LogP contribution in [0.25, 0.3) is 0 Å². The van der Waals surface area contributed by atoms with Gasteiger partial charge in [0, 0.05) is 12.1 Å². The third-order valence-electron chi connectivity index (χ3n) is 2.96. The summed E-state index contributed by atoms with van der Waals surface area (Å²) in [7, 11) is 0. The van der Waals surface area contributed by atoms with Crippen LogP contribution in [0.15, 0.2) is 18.2 Å². The molecule has 2 rings (SSSR count). The number of carbonyl (C=O) groups is 2. The molecular formula is C13H13F3N2O3. The third-order valence-corrected chi connectivity index (χ3v) is 2.96. The fourth-order valence-electron chi connectivity index (χ4n) is 1.94. The highest BCUT2D eigenvalue weighted by atomic mass is 19.4. The van der Waals surface area contributed by atoms with Gasteiger partial charge in [-0.3, -0.25) is 9.69 Å². The number of alkyl halides is 3. The number of amides is 2. The van der Waals surface area contributed by atoms with Crippen molar-refractivity contribution < 1.29 is 27.5 Å². The molecule has 1 aliphatic rings. The number of hydrogen-bond acceptors (Lipinski definition) is 3. The van der Waals surface area contributed by atoms with E-state index in [1.165, 1.54) is 6.07 Å². The van der Waals surface area contributed by atoms with Crippen molar-refractivity contribution >= 4 is 23.4 Å². The van der Waals surface area contributed by atoms with E-state index in [4.69, 9.17) is 0 Å². The number of carbonyl (C=O) groups excluding carboxylic acids is 2. The standard InChI is InChI=1S/C13H13F3N2O3/c1-2-11(19)17-8-3-4-10(9(7-8)13(14,15)16)18-5-6-21-12(18)20/h3-4,7H,2,5-6H2,1H3,(H,17,19). The molecule has 2 amide bonds. The van der Waals surface area contributed by atoms with Crippen LogP contribution in [0, 0.1) is 0 Å². The van der Waals surface area contributed by atoms with Gasteiger partial charge in [-0.1, -0.05) is 6.92 Å². The summed E-state index contributed by atoms with van der Waals surface area (Å²) in [5, 5.41) is 2.36. The lowest BCUT2D eigenvalue weighted by Crippen LogP contribution is -2.26. The maximum atomic E-state index is 13.1. The Morgan fingerprint density at radius 3 is 2.67 bits per heavy atom. The van der Waals surface area contributed by atoms with Crippen molar-refractivity contribution in [3.05, 3.63) is 23.8 Å². The van der Waals surface area contributed by atoms with Crippen LogP contribution in [-0.4, -0.2) is 25.2 Å². The monoisotopic (exact) mass is 302 g/mol. The van der Waals surface area contributed by atoms with Crippen LogP contribution in [0.5, 0.6) is 0 Å². The predicted molar refractivity (Wildman–Crippen MR) is 69.1 cm³/mol. The molecule has 0 atom stereocenters. The average Bonchev–Trinajstić information content (AvgIpc) is 2.83. The van der Waals surface area contributed by atoms with E-state index < -0.39 is 23.7 Å². The molecule has 5 nitrogen and oxygen atoms in total. The SMILES string of the molecule is CCC(=O)Nc1ccc(N2CCOC2=O)c(C(F)(F)F)c1. The molecule has 0 unspecified atom stereocenters. The second kappa shape index (κ2) is 5.63. The summed E-state index contributed by atoms with van der Waals surface area (Å²) in [5.41, 5.74) is -1.24. The van der Waals surface area contributed by atoms with E-state index in [2.05, 4.69) is 10.1 Å². The Kier molecular flexibility index (Phi) is 4.06. The number of hydrogen-bond donors (Lipinski definition) is 1. The second-order valence-corrected chi connectivity index (χ2v) is 4.40. The Morgan fingerprint density at radius 2 is 2.14 bits per heavy atom. The molecule has 1 aromatic rings. The molecular weight excluding hydrogens is 289 g/mol. The smallest absolute Gasteiger partial charge is 0.418 e. The number of benzene rings is 1. The highest BCUT2D eigenvalue weighted by Gasteiger charge is 2.38. The van der Waals surface area contributed by atoms with Gasteiger partial charge in [0.15, 0.2) is 0 Å². The van der Waals surface area contributed by atoms with Gasteiger partial charge in [-0.05, 0) is 18.2 Å². The van der Waals surface area contributed by atoms with Gasteiger partial charge in [-0.25, -0.2) is 4.79 Å². The molecule has 0 aliphatic carbocycles. The molecule has 1 aliphatic heterocycles. The maximum absolute atomic E-state index is 13.1. The molecule has 0 spiro atoms. The molecule has 0 aromatic heterocycles. The molecule has 1 saturated heterocycles. The minimum atomic E-state index is -4.65. The predicted octanol–water partition coefficient (Wildman–Crippen LogP) is 3.01. The Balaban J connectivity index is 2.41. The van der Waals surface area contributed by atoms with Gasteiger partial charge in [0.2, 0.25) is 5.91 Å². The molecule has 0 saturated carbocycles. The number of anilines is 2. The van der Waals surface area contributed by atoms with Gasteiger partial charge < -0.3 is 10.1 Å². The van der Waals surface area contributed by atoms with E-state index in [9.17, 15) is 22.8 Å². The minimum absolute atomic E-state index is 0.0329. The van der Waals surface area contributed by atoms with Gasteiger partial charge in [-0.15, -0.1) is 0 Å². The molecule has 8 heteroatoms. The summed E-state index contributed by atoms with van der Waals surface area (Å²) < 4.78 is 44.1. The van der Waals surface area contributed by atoms with Crippen LogP contribution < -0.4 is 10.2 Å². The van der Waals surface area contributed by atoms with Crippen molar-refractivity contribution in [2.75, 3.05) is 23.4 Å². The van der Waals surface area contributed by atoms with E-state index in [1.807, 2.05) is 0 Å². The highest BCUT2D eigenvalue weighted by Crippen LogP contribution is 2.39. The number of nitrogens with zero attached hydrogens (tertiary/aromatic N) is 1. The van der Waals surface area contributed by atoms with Gasteiger partial charge in [0.1, 0.15) is 6.61 Å². The Morgan fingerprint density at radius 1 is 1.43 bits per heavy atom. The molecule has 1 N–H and O–H groups in total. The van der Waals surface area contributed by atoms with Crippen molar-refractivity contribution in [1.29, 1.82) is 0 Å². The summed E-state index contributed by atoms with van der Waals surface area (Å²) in [6.07, 6.45) is -5.31. The molecule has 114 valence electrons. The lowest BCUT2D eigenvalue weighted by molar-refractivity contribution is -0.137. The van der Waals surface area contributed by atoms with E-state index in [0.717, 1.165) is 17.0 Å². The Hall–Kier alpha value is -2.25. The van der Waals surface area contributed by atoms with Crippen molar-refractivity contribution in [3.63, 3.8) is 0 Å². The molecule has 0 bridgehead atoms. The summed E-state index contributed by atoms with van der Waals surface area (Å²) >= 11 is 0. The van der Waals surface area contributed by atoms with Crippen molar-refractivity contribution in [3.8, 4) is 0 Å². The van der Waals surface area contributed by atoms with Crippen LogP contribution in [0.2, 0.25) is 0 Å². The molecule has 0 radical (unpaired) electrons. The number of halogens is 3. The average molecular weight is 302 g/mol. The number of ether oxygens (including phenoxy) is 1. The molecule has 1 fully saturated rings. The minimum Gasteiger partial charge on any atom is -0.447 e. The maximum Gasteiger partial charge on any atom is 0.418 e. The summed E-state index contributed by atoms with van der Waals surface area (Å²) in [6.45, 7) is 1.70. The van der Waals surface area contributed by atoms with Crippen LogP contribution in [0.4, 0.5) is 29.3 Å². The lowest BCUT2D eigenvalue weighted by Gasteiger charge is -2.20. The first-order valence-electron chi connectivity index (χ1n) is 6.28. The first kappa shape index (κ1) is 15.1. The summed E-state index contributed by atoms with van der Waals surface area (Å²) in [5.74, 6) is -0.392. The highest BCUT2D eigenvalue weighted by molar-refractivity contribution is 5.93. The summed E-state index contributed by atoms with van der Waals surface area (Å²) in [4.78, 5) is 23.6. The molecule has 1 aromatic carbocycles. The van der Waals surface area contributed by atoms with Crippen LogP contribution in [0.1, 0.15) is 18.9 Å². The van der Waals surface area contributed by atoms with Crippen LogP contribution >= 0.6 is 0 Å². The number of cyclic esters (lactones) is 1. The van der Waals surface area contributed by atoms with Crippen molar-refractivity contribution in [1.82, 2.24) is 0 Å². The van der Waals surface area contributed by atoms with E-state index in [-0.39, 0.29) is 30.9 Å². The fourth-order valence-corrected chi connectivity index (χ4v) is 1.94. The van der Waals surface area contributed by atoms with Crippen LogP contribution in [-0.2, 0) is 15.7 Å². The topological polar surface area (TPSA) is 58.6 Å². The zero-order chi connectivity index (χ0) is 15.6. The zero-order valence-corrected chi connectivity index (χ0v) is 11.2. The van der Waals surface area contributed by atoms with Gasteiger partial charge in [0.25, 0.3) is 0 Å². The van der Waals surface area contributed by atoms with E-state index >= 15 is 0 Å². The Labute approximate surface area is 118 Å². The quantitative estimate of drug-likeness (QED) is 0.933. The molecule has 21 heavy (non-hydrogen) atoms. The second-order valence-electron chi connectivity index (χ2n) is 4.40. The van der Waals surface area contributed by atoms with Crippen LogP contribution in [0.3, 0.4) is 0 Å². The Bertz CT molecular complexity index is 572. The van der Waals surface area contributed by atoms with Crippen molar-refractivity contribution in [2.24, 2.45) is 0 Å². The first-order valence-corrected chi connectivity index (χ1v) is 6.28. The normalized spacial score (nSPS) is 15.0. The van der Waals surface area contributed by atoms with Crippen molar-refractivity contribution in [2.45, 2.75) is 19.5 Å². The van der Waals surface area contributed by atoms with E-state index in [1.54, 1.807) is 6.92 Å². The summed E-state index contributed by atoms with van der Waals surface area (Å²) in [6, 6.07) is 3.29. The van der Waals surface area contributed by atoms with Gasteiger partial charge in [-0.2, -0.15) is 13.2 Å². The van der Waals surface area contributed by atoms with E-state index in [0.29, 0.717) is 0 Å². The fraction of sp³-hybridized carbons (Fsp3) is 0.385. The first-order chi connectivity index (χ1) is 9.82. The third kappa shape index (κ3) is 3.26. The van der Waals surface area contributed by atoms with Gasteiger partial charge in [0.05, 0.1) is 17.8 Å². The molecule has 1 heterocycles. The largest absolute Gasteiger partial charge is 0.447 e. The number of rotatable bonds is 3.